The van der Waals surface area contributed by atoms with Crippen LogP contribution in [0.5, 0.6) is 0 Å². The number of nitrogens with zero attached hydrogens (tertiary/aromatic N) is 1. The normalized spacial score (nSPS) is 13.4. The first-order valence-corrected chi connectivity index (χ1v) is 25.3. The number of ether oxygens (including phenoxy) is 3. The van der Waals surface area contributed by atoms with E-state index in [2.05, 4.69) is 74.6 Å². The first-order valence-electron chi connectivity index (χ1n) is 25.3. The average molecular weight is 871 g/mol. The molecule has 2 atom stereocenters. The average Bonchev–Trinajstić information content (AvgIpc) is 3.23. The van der Waals surface area contributed by atoms with Gasteiger partial charge in [-0.1, -0.05) is 171 Å². The molecule has 0 aromatic heterocycles. The van der Waals surface area contributed by atoms with E-state index in [0.29, 0.717) is 19.3 Å². The van der Waals surface area contributed by atoms with Crippen molar-refractivity contribution in [1.82, 2.24) is 0 Å². The van der Waals surface area contributed by atoms with Crippen LogP contribution in [0.25, 0.3) is 0 Å². The first kappa shape index (κ1) is 59.0. The van der Waals surface area contributed by atoms with E-state index >= 15 is 0 Å². The van der Waals surface area contributed by atoms with E-state index in [0.717, 1.165) is 70.6 Å². The third-order valence-electron chi connectivity index (χ3n) is 11.1. The van der Waals surface area contributed by atoms with Crippen molar-refractivity contribution in [1.29, 1.82) is 0 Å². The number of esters is 2. The van der Waals surface area contributed by atoms with E-state index < -0.39 is 18.1 Å². The zero-order valence-corrected chi connectivity index (χ0v) is 40.8. The van der Waals surface area contributed by atoms with Crippen molar-refractivity contribution in [3.05, 3.63) is 60.8 Å². The Labute approximate surface area is 381 Å². The van der Waals surface area contributed by atoms with Crippen LogP contribution >= 0.6 is 0 Å². The largest absolute Gasteiger partial charge is 0.477 e. The lowest BCUT2D eigenvalue weighted by Crippen LogP contribution is -2.50. The van der Waals surface area contributed by atoms with Gasteiger partial charge in [-0.15, -0.1) is 0 Å². The predicted octanol–water partition coefficient (Wildman–Crippen LogP) is 14.5. The lowest BCUT2D eigenvalue weighted by atomic mass is 10.1. The molecule has 2 unspecified atom stereocenters. The van der Waals surface area contributed by atoms with E-state index in [4.69, 9.17) is 14.2 Å². The first-order chi connectivity index (χ1) is 30.1. The summed E-state index contributed by atoms with van der Waals surface area (Å²) < 4.78 is 17.3. The second-order valence-electron chi connectivity index (χ2n) is 18.1. The number of carbonyl (C=O) groups excluding carboxylic acids is 2. The summed E-state index contributed by atoms with van der Waals surface area (Å²) in [7, 11) is 5.53. The highest BCUT2D eigenvalue weighted by Gasteiger charge is 2.31. The molecule has 0 rings (SSSR count). The minimum absolute atomic E-state index is 0.0529. The summed E-state index contributed by atoms with van der Waals surface area (Å²) in [6, 6.07) is -0.620. The molecule has 0 aliphatic carbocycles. The van der Waals surface area contributed by atoms with Crippen LogP contribution in [-0.4, -0.2) is 80.6 Å². The fraction of sp³-hybridized carbons (Fsp3) is 0.759. The van der Waals surface area contributed by atoms with Gasteiger partial charge >= 0.3 is 17.9 Å². The van der Waals surface area contributed by atoms with Crippen molar-refractivity contribution in [3.63, 3.8) is 0 Å². The Morgan fingerprint density at radius 2 is 0.855 bits per heavy atom. The van der Waals surface area contributed by atoms with Gasteiger partial charge in [0.05, 0.1) is 34.4 Å². The molecule has 1 N–H and O–H groups in total. The quantitative estimate of drug-likeness (QED) is 0.0282. The highest BCUT2D eigenvalue weighted by Crippen LogP contribution is 2.14. The number of hydrogen-bond donors (Lipinski definition) is 1. The molecule has 0 bridgehead atoms. The second kappa shape index (κ2) is 44.6. The summed E-state index contributed by atoms with van der Waals surface area (Å²) in [4.78, 5) is 37.1. The van der Waals surface area contributed by atoms with E-state index in [1.54, 1.807) is 0 Å². The van der Waals surface area contributed by atoms with Crippen LogP contribution in [0, 0.1) is 0 Å². The Kier molecular flexibility index (Phi) is 42.5. The molecule has 0 fully saturated rings. The van der Waals surface area contributed by atoms with Gasteiger partial charge in [-0.25, -0.2) is 4.79 Å². The maximum Gasteiger partial charge on any atom is 0.362 e. The minimum Gasteiger partial charge on any atom is -0.477 e. The Bertz CT molecular complexity index is 1200. The lowest BCUT2D eigenvalue weighted by Gasteiger charge is -2.31. The Morgan fingerprint density at radius 3 is 1.26 bits per heavy atom. The number of carboxylic acids is 1. The van der Waals surface area contributed by atoms with E-state index in [-0.39, 0.29) is 36.2 Å². The number of hydrogen-bond acceptors (Lipinski definition) is 6. The number of allylic oxidation sites excluding steroid dienone is 10. The van der Waals surface area contributed by atoms with E-state index in [9.17, 15) is 19.5 Å². The monoisotopic (exact) mass is 871 g/mol. The van der Waals surface area contributed by atoms with Gasteiger partial charge < -0.3 is 23.8 Å². The van der Waals surface area contributed by atoms with Crippen molar-refractivity contribution in [2.45, 2.75) is 225 Å². The Balaban J connectivity index is 4.30. The predicted molar refractivity (Wildman–Crippen MR) is 261 cm³/mol. The molecule has 0 aromatic rings. The van der Waals surface area contributed by atoms with Gasteiger partial charge in [0.2, 0.25) is 0 Å². The fourth-order valence-electron chi connectivity index (χ4n) is 7.19. The van der Waals surface area contributed by atoms with Crippen LogP contribution < -0.4 is 0 Å². The molecule has 0 aliphatic rings. The standard InChI is InChI=1S/C54H95NO7/c1-6-8-10-12-14-16-18-20-22-24-26-28-30-32-34-36-38-40-42-44-52(56)61-49-50(48-60-47-46-51(54(58)59)55(3,4)5)62-53(57)45-43-41-39-37-35-33-31-29-27-25-23-21-19-17-15-13-11-9-7-2/h14-17,20-23,27,29,50-51H,6-13,18-19,24-26,28,30-49H2,1-5H3/p+1/b16-14-,17-15-,22-20-,23-21-,29-27-. The summed E-state index contributed by atoms with van der Waals surface area (Å²) in [6.45, 7) is 4.68. The van der Waals surface area contributed by atoms with Crippen molar-refractivity contribution in [2.24, 2.45) is 0 Å². The highest BCUT2D eigenvalue weighted by atomic mass is 16.6. The molecule has 0 heterocycles. The van der Waals surface area contributed by atoms with Crippen molar-refractivity contribution in [3.8, 4) is 0 Å². The number of carbonyl (C=O) groups is 3. The van der Waals surface area contributed by atoms with Gasteiger partial charge in [0, 0.05) is 19.3 Å². The Morgan fingerprint density at radius 1 is 0.484 bits per heavy atom. The number of rotatable bonds is 45. The van der Waals surface area contributed by atoms with Crippen molar-refractivity contribution >= 4 is 17.9 Å². The van der Waals surface area contributed by atoms with Gasteiger partial charge in [0.25, 0.3) is 0 Å². The number of aliphatic carboxylic acids is 1. The number of carboxylic acid groups (broad SMARTS) is 1. The van der Waals surface area contributed by atoms with Crippen LogP contribution in [0.2, 0.25) is 0 Å². The molecule has 0 amide bonds. The van der Waals surface area contributed by atoms with Gasteiger partial charge in [-0.05, 0) is 83.5 Å². The summed E-state index contributed by atoms with van der Waals surface area (Å²) in [5, 5.41) is 9.65. The van der Waals surface area contributed by atoms with Crippen LogP contribution in [0.3, 0.4) is 0 Å². The lowest BCUT2D eigenvalue weighted by molar-refractivity contribution is -0.887. The molecule has 62 heavy (non-hydrogen) atoms. The van der Waals surface area contributed by atoms with Gasteiger partial charge in [0.1, 0.15) is 6.61 Å². The molecule has 0 aliphatic heterocycles. The zero-order chi connectivity index (χ0) is 45.6. The molecule has 0 saturated heterocycles. The van der Waals surface area contributed by atoms with Crippen LogP contribution in [0.4, 0.5) is 0 Å². The summed E-state index contributed by atoms with van der Waals surface area (Å²) in [5.41, 5.74) is 0. The third-order valence-corrected chi connectivity index (χ3v) is 11.1. The van der Waals surface area contributed by atoms with Crippen molar-refractivity contribution in [2.75, 3.05) is 41.0 Å². The second-order valence-corrected chi connectivity index (χ2v) is 18.1. The third kappa shape index (κ3) is 42.3. The molecular weight excluding hydrogens is 775 g/mol. The van der Waals surface area contributed by atoms with Gasteiger partial charge in [-0.2, -0.15) is 0 Å². The number of quaternary nitrogens is 1. The summed E-state index contributed by atoms with van der Waals surface area (Å²) in [6.07, 6.45) is 55.4. The molecule has 8 heteroatoms. The topological polar surface area (TPSA) is 99.1 Å². The molecular formula is C54H96NO7+. The Hall–Kier alpha value is -2.97. The highest BCUT2D eigenvalue weighted by molar-refractivity contribution is 5.72. The maximum absolute atomic E-state index is 12.8. The van der Waals surface area contributed by atoms with E-state index in [1.165, 1.54) is 109 Å². The zero-order valence-electron chi connectivity index (χ0n) is 40.8. The van der Waals surface area contributed by atoms with Crippen LogP contribution in [0.15, 0.2) is 60.8 Å². The van der Waals surface area contributed by atoms with Crippen LogP contribution in [0.1, 0.15) is 213 Å². The smallest absolute Gasteiger partial charge is 0.362 e. The molecule has 0 radical (unpaired) electrons. The van der Waals surface area contributed by atoms with E-state index in [1.807, 2.05) is 21.1 Å². The minimum atomic E-state index is -0.878. The molecule has 8 nitrogen and oxygen atoms in total. The van der Waals surface area contributed by atoms with Gasteiger partial charge in [0.15, 0.2) is 12.1 Å². The molecule has 0 saturated carbocycles. The number of unbranched alkanes of at least 4 members (excludes halogenated alkanes) is 21. The maximum atomic E-state index is 12.8. The molecule has 0 spiro atoms. The SMILES string of the molecule is CCCCC/C=C\C/C=C\C/C=C\CCCCCCCCC(=O)OC(COCCC(C(=O)O)[N+](C)(C)C)COC(=O)CCCCCCCCCCC/C=C\C/C=C\CCCCC. The fourth-order valence-corrected chi connectivity index (χ4v) is 7.19. The summed E-state index contributed by atoms with van der Waals surface area (Å²) in [5.74, 6) is -1.49. The number of likely N-dealkylation sites (N-methyl/N-ethyl adjacent to an activating group) is 1. The van der Waals surface area contributed by atoms with Crippen LogP contribution in [-0.2, 0) is 28.6 Å². The van der Waals surface area contributed by atoms with Gasteiger partial charge in [-0.3, -0.25) is 9.59 Å². The molecule has 0 aromatic carbocycles. The van der Waals surface area contributed by atoms with Crippen molar-refractivity contribution < 1.29 is 38.2 Å². The molecule has 358 valence electrons. The summed E-state index contributed by atoms with van der Waals surface area (Å²) >= 11 is 0.